The van der Waals surface area contributed by atoms with E-state index in [-0.39, 0.29) is 0 Å². The van der Waals surface area contributed by atoms with Gasteiger partial charge in [0.2, 0.25) is 0 Å². The van der Waals surface area contributed by atoms with Crippen LogP contribution in [0.25, 0.3) is 10.9 Å². The highest BCUT2D eigenvalue weighted by Gasteiger charge is 2.17. The molecule has 0 fully saturated rings. The van der Waals surface area contributed by atoms with E-state index in [9.17, 15) is 4.79 Å². The number of rotatable bonds is 8. The third kappa shape index (κ3) is 4.58. The Labute approximate surface area is 152 Å². The number of fused-ring (bicyclic) bond motifs is 1. The number of benzene rings is 2. The standard InChI is InChI=1S/C21H21NO4/c1-2-25-20(21(23)24)13-15-6-9-18(10-7-15)26-14-16-5-8-17-4-3-11-22-19(17)12-16/h3-12,20H,2,13-14H2,1H3,(H,23,24). The number of ether oxygens (including phenoxy) is 2. The first-order chi connectivity index (χ1) is 12.7. The molecule has 0 bridgehead atoms. The Bertz CT molecular complexity index is 877. The van der Waals surface area contributed by atoms with Gasteiger partial charge in [0.15, 0.2) is 6.10 Å². The molecule has 0 saturated heterocycles. The summed E-state index contributed by atoms with van der Waals surface area (Å²) in [6.45, 7) is 2.61. The minimum Gasteiger partial charge on any atom is -0.489 e. The first kappa shape index (κ1) is 17.9. The second-order valence-electron chi connectivity index (χ2n) is 5.95. The van der Waals surface area contributed by atoms with Gasteiger partial charge in [0.25, 0.3) is 0 Å². The quantitative estimate of drug-likeness (QED) is 0.668. The Morgan fingerprint density at radius 3 is 2.62 bits per heavy atom. The van der Waals surface area contributed by atoms with Crippen molar-refractivity contribution in [3.05, 3.63) is 71.9 Å². The fourth-order valence-electron chi connectivity index (χ4n) is 2.72. The molecule has 0 aliphatic rings. The molecule has 1 aromatic heterocycles. The maximum atomic E-state index is 11.2. The molecule has 0 saturated carbocycles. The second-order valence-corrected chi connectivity index (χ2v) is 5.95. The Morgan fingerprint density at radius 2 is 1.88 bits per heavy atom. The number of hydrogen-bond acceptors (Lipinski definition) is 4. The normalized spacial score (nSPS) is 12.0. The molecule has 0 aliphatic carbocycles. The molecule has 1 unspecified atom stereocenters. The number of hydrogen-bond donors (Lipinski definition) is 1. The van der Waals surface area contributed by atoms with Crippen molar-refractivity contribution in [1.29, 1.82) is 0 Å². The van der Waals surface area contributed by atoms with Crippen LogP contribution in [-0.4, -0.2) is 28.8 Å². The topological polar surface area (TPSA) is 68.7 Å². The third-order valence-corrected chi connectivity index (χ3v) is 4.06. The highest BCUT2D eigenvalue weighted by atomic mass is 16.5. The van der Waals surface area contributed by atoms with E-state index in [1.807, 2.05) is 54.6 Å². The van der Waals surface area contributed by atoms with Crippen LogP contribution in [0.4, 0.5) is 0 Å². The summed E-state index contributed by atoms with van der Waals surface area (Å²) < 4.78 is 11.1. The lowest BCUT2D eigenvalue weighted by atomic mass is 10.1. The van der Waals surface area contributed by atoms with Gasteiger partial charge < -0.3 is 14.6 Å². The van der Waals surface area contributed by atoms with Gasteiger partial charge in [-0.3, -0.25) is 4.98 Å². The lowest BCUT2D eigenvalue weighted by Crippen LogP contribution is -2.26. The molecule has 3 rings (SSSR count). The number of nitrogens with zero attached hydrogens (tertiary/aromatic N) is 1. The zero-order chi connectivity index (χ0) is 18.4. The summed E-state index contributed by atoms with van der Waals surface area (Å²) >= 11 is 0. The molecule has 134 valence electrons. The molecule has 1 heterocycles. The van der Waals surface area contributed by atoms with Gasteiger partial charge in [0, 0.05) is 24.6 Å². The monoisotopic (exact) mass is 351 g/mol. The van der Waals surface area contributed by atoms with Gasteiger partial charge in [-0.2, -0.15) is 0 Å². The molecular formula is C21H21NO4. The fourth-order valence-corrected chi connectivity index (χ4v) is 2.72. The summed E-state index contributed by atoms with van der Waals surface area (Å²) in [7, 11) is 0. The summed E-state index contributed by atoms with van der Waals surface area (Å²) in [5.74, 6) is -0.213. The zero-order valence-electron chi connectivity index (χ0n) is 14.6. The largest absolute Gasteiger partial charge is 0.489 e. The lowest BCUT2D eigenvalue weighted by Gasteiger charge is -2.13. The van der Waals surface area contributed by atoms with Crippen LogP contribution < -0.4 is 4.74 Å². The fraction of sp³-hybridized carbons (Fsp3) is 0.238. The van der Waals surface area contributed by atoms with Crippen molar-refractivity contribution < 1.29 is 19.4 Å². The zero-order valence-corrected chi connectivity index (χ0v) is 14.6. The van der Waals surface area contributed by atoms with Crippen LogP contribution >= 0.6 is 0 Å². The third-order valence-electron chi connectivity index (χ3n) is 4.06. The van der Waals surface area contributed by atoms with Crippen molar-refractivity contribution >= 4 is 16.9 Å². The highest BCUT2D eigenvalue weighted by molar-refractivity contribution is 5.78. The first-order valence-corrected chi connectivity index (χ1v) is 8.55. The van der Waals surface area contributed by atoms with E-state index in [1.54, 1.807) is 13.1 Å². The van der Waals surface area contributed by atoms with Crippen molar-refractivity contribution in [2.45, 2.75) is 26.1 Å². The van der Waals surface area contributed by atoms with Crippen LogP contribution in [0.5, 0.6) is 5.75 Å². The number of pyridine rings is 1. The van der Waals surface area contributed by atoms with E-state index < -0.39 is 12.1 Å². The van der Waals surface area contributed by atoms with Crippen LogP contribution in [0.15, 0.2) is 60.8 Å². The van der Waals surface area contributed by atoms with E-state index in [1.165, 1.54) is 0 Å². The Morgan fingerprint density at radius 1 is 1.12 bits per heavy atom. The average molecular weight is 351 g/mol. The summed E-state index contributed by atoms with van der Waals surface area (Å²) in [5.41, 5.74) is 2.88. The predicted octanol–water partition coefficient (Wildman–Crippen LogP) is 3.85. The minimum atomic E-state index is -0.947. The maximum Gasteiger partial charge on any atom is 0.333 e. The number of carboxylic acids is 1. The van der Waals surface area contributed by atoms with Crippen LogP contribution in [0, 0.1) is 0 Å². The molecule has 5 heteroatoms. The molecule has 2 aromatic carbocycles. The predicted molar refractivity (Wildman–Crippen MR) is 99.3 cm³/mol. The summed E-state index contributed by atoms with van der Waals surface area (Å²) in [5, 5.41) is 10.3. The van der Waals surface area contributed by atoms with Crippen LogP contribution in [0.1, 0.15) is 18.1 Å². The average Bonchev–Trinajstić information content (AvgIpc) is 2.67. The summed E-state index contributed by atoms with van der Waals surface area (Å²) in [4.78, 5) is 15.5. The van der Waals surface area contributed by atoms with Crippen molar-refractivity contribution in [2.75, 3.05) is 6.61 Å². The molecular weight excluding hydrogens is 330 g/mol. The molecule has 3 aromatic rings. The van der Waals surface area contributed by atoms with E-state index in [0.29, 0.717) is 19.6 Å². The van der Waals surface area contributed by atoms with Crippen LogP contribution in [0.3, 0.4) is 0 Å². The highest BCUT2D eigenvalue weighted by Crippen LogP contribution is 2.18. The van der Waals surface area contributed by atoms with Crippen molar-refractivity contribution in [3.8, 4) is 5.75 Å². The van der Waals surface area contributed by atoms with E-state index in [0.717, 1.165) is 27.8 Å². The smallest absolute Gasteiger partial charge is 0.333 e. The van der Waals surface area contributed by atoms with E-state index >= 15 is 0 Å². The second kappa shape index (κ2) is 8.45. The Balaban J connectivity index is 1.60. The van der Waals surface area contributed by atoms with Gasteiger partial charge in [0.05, 0.1) is 5.52 Å². The number of carboxylic acid groups (broad SMARTS) is 1. The van der Waals surface area contributed by atoms with E-state index in [4.69, 9.17) is 14.6 Å². The minimum absolute atomic E-state index is 0.333. The SMILES string of the molecule is CCOC(Cc1ccc(OCc2ccc3cccnc3c2)cc1)C(=O)O. The molecule has 5 nitrogen and oxygen atoms in total. The van der Waals surface area contributed by atoms with Gasteiger partial charge >= 0.3 is 5.97 Å². The first-order valence-electron chi connectivity index (χ1n) is 8.55. The summed E-state index contributed by atoms with van der Waals surface area (Å²) in [6.07, 6.45) is 1.29. The van der Waals surface area contributed by atoms with Crippen LogP contribution in [-0.2, 0) is 22.6 Å². The van der Waals surface area contributed by atoms with Gasteiger partial charge in [-0.05, 0) is 42.3 Å². The molecule has 26 heavy (non-hydrogen) atoms. The van der Waals surface area contributed by atoms with Crippen LogP contribution in [0.2, 0.25) is 0 Å². The van der Waals surface area contributed by atoms with E-state index in [2.05, 4.69) is 4.98 Å². The lowest BCUT2D eigenvalue weighted by molar-refractivity contribution is -0.149. The molecule has 0 radical (unpaired) electrons. The molecule has 0 aliphatic heterocycles. The van der Waals surface area contributed by atoms with Crippen molar-refractivity contribution in [1.82, 2.24) is 4.98 Å². The van der Waals surface area contributed by atoms with Gasteiger partial charge in [-0.1, -0.05) is 30.3 Å². The number of aliphatic carboxylic acids is 1. The molecule has 0 spiro atoms. The Hall–Kier alpha value is -2.92. The van der Waals surface area contributed by atoms with Gasteiger partial charge in [0.1, 0.15) is 12.4 Å². The summed E-state index contributed by atoms with van der Waals surface area (Å²) in [6, 6.07) is 17.4. The maximum absolute atomic E-state index is 11.2. The molecule has 1 N–H and O–H groups in total. The number of carbonyl (C=O) groups is 1. The Kier molecular flexibility index (Phi) is 5.81. The van der Waals surface area contributed by atoms with Crippen molar-refractivity contribution in [2.24, 2.45) is 0 Å². The number of aromatic nitrogens is 1. The van der Waals surface area contributed by atoms with Gasteiger partial charge in [-0.25, -0.2) is 4.79 Å². The molecule has 0 amide bonds. The van der Waals surface area contributed by atoms with Crippen molar-refractivity contribution in [3.63, 3.8) is 0 Å². The molecule has 1 atom stereocenters. The van der Waals surface area contributed by atoms with Gasteiger partial charge in [-0.15, -0.1) is 0 Å².